The highest BCUT2D eigenvalue weighted by Gasteiger charge is 2.15. The van der Waals surface area contributed by atoms with Gasteiger partial charge in [0.1, 0.15) is 22.8 Å². The van der Waals surface area contributed by atoms with Crippen LogP contribution in [0, 0.1) is 0 Å². The van der Waals surface area contributed by atoms with Crippen molar-refractivity contribution in [2.45, 2.75) is 6.92 Å². The molecule has 0 N–H and O–H groups in total. The maximum atomic E-state index is 12.5. The van der Waals surface area contributed by atoms with E-state index in [0.717, 1.165) is 0 Å². The summed E-state index contributed by atoms with van der Waals surface area (Å²) in [6.45, 7) is 2.39. The first-order chi connectivity index (χ1) is 12.5. The van der Waals surface area contributed by atoms with E-state index < -0.39 is 6.09 Å². The van der Waals surface area contributed by atoms with Crippen molar-refractivity contribution in [1.29, 1.82) is 0 Å². The average Bonchev–Trinajstić information content (AvgIpc) is 2.62. The lowest BCUT2D eigenvalue weighted by Crippen LogP contribution is -2.25. The van der Waals surface area contributed by atoms with Crippen LogP contribution < -0.4 is 14.9 Å². The van der Waals surface area contributed by atoms with Gasteiger partial charge < -0.3 is 18.8 Å². The number of carbonyl (C=O) groups is 1. The number of hydrogen-bond donors (Lipinski definition) is 0. The van der Waals surface area contributed by atoms with Gasteiger partial charge in [0.05, 0.1) is 17.6 Å². The quantitative estimate of drug-likeness (QED) is 0.711. The van der Waals surface area contributed by atoms with Gasteiger partial charge in [0.2, 0.25) is 0 Å². The molecule has 26 heavy (non-hydrogen) atoms. The van der Waals surface area contributed by atoms with E-state index in [1.807, 2.05) is 6.92 Å². The van der Waals surface area contributed by atoms with Crippen molar-refractivity contribution in [3.05, 3.63) is 58.8 Å². The molecule has 0 aliphatic heterocycles. The average molecular weight is 353 g/mol. The van der Waals surface area contributed by atoms with Crippen molar-refractivity contribution in [1.82, 2.24) is 4.90 Å². The SMILES string of the molecule is CCOc1ccc2c(=O)cc(-c3ccccc3OC(=O)N(C)C)oc2c1. The second-order valence-electron chi connectivity index (χ2n) is 5.82. The van der Waals surface area contributed by atoms with Gasteiger partial charge in [-0.3, -0.25) is 4.79 Å². The number of amides is 1. The Bertz CT molecular complexity index is 1010. The normalized spacial score (nSPS) is 10.6. The lowest BCUT2D eigenvalue weighted by molar-refractivity contribution is 0.172. The van der Waals surface area contributed by atoms with Gasteiger partial charge in [0.15, 0.2) is 5.43 Å². The van der Waals surface area contributed by atoms with E-state index in [4.69, 9.17) is 13.9 Å². The van der Waals surface area contributed by atoms with Gasteiger partial charge in [-0.15, -0.1) is 0 Å². The van der Waals surface area contributed by atoms with Crippen LogP contribution in [-0.4, -0.2) is 31.7 Å². The first kappa shape index (κ1) is 17.5. The summed E-state index contributed by atoms with van der Waals surface area (Å²) in [4.78, 5) is 25.7. The van der Waals surface area contributed by atoms with Crippen LogP contribution >= 0.6 is 0 Å². The molecule has 2 aromatic carbocycles. The monoisotopic (exact) mass is 353 g/mol. The Morgan fingerprint density at radius 2 is 1.88 bits per heavy atom. The predicted octanol–water partition coefficient (Wildman–Crippen LogP) is 3.92. The van der Waals surface area contributed by atoms with E-state index in [1.54, 1.807) is 56.6 Å². The molecule has 0 saturated carbocycles. The van der Waals surface area contributed by atoms with Crippen molar-refractivity contribution >= 4 is 17.1 Å². The summed E-state index contributed by atoms with van der Waals surface area (Å²) < 4.78 is 16.8. The highest BCUT2D eigenvalue weighted by molar-refractivity contribution is 5.81. The molecular weight excluding hydrogens is 334 g/mol. The number of ether oxygens (including phenoxy) is 2. The zero-order valence-electron chi connectivity index (χ0n) is 14.8. The molecule has 6 heteroatoms. The van der Waals surface area contributed by atoms with E-state index in [2.05, 4.69) is 0 Å². The second-order valence-corrected chi connectivity index (χ2v) is 5.82. The molecule has 6 nitrogen and oxygen atoms in total. The fraction of sp³-hybridized carbons (Fsp3) is 0.200. The molecule has 134 valence electrons. The fourth-order valence-electron chi connectivity index (χ4n) is 2.47. The van der Waals surface area contributed by atoms with E-state index in [0.29, 0.717) is 40.4 Å². The van der Waals surface area contributed by atoms with Crippen LogP contribution in [0.1, 0.15) is 6.92 Å². The van der Waals surface area contributed by atoms with E-state index in [-0.39, 0.29) is 5.43 Å². The number of rotatable bonds is 4. The van der Waals surface area contributed by atoms with E-state index in [9.17, 15) is 9.59 Å². The Morgan fingerprint density at radius 3 is 2.62 bits per heavy atom. The van der Waals surface area contributed by atoms with Crippen LogP contribution in [0.2, 0.25) is 0 Å². The van der Waals surface area contributed by atoms with Gasteiger partial charge in [0, 0.05) is 26.2 Å². The van der Waals surface area contributed by atoms with Crippen LogP contribution in [0.4, 0.5) is 4.79 Å². The first-order valence-corrected chi connectivity index (χ1v) is 8.19. The number of para-hydroxylation sites is 1. The number of carbonyl (C=O) groups excluding carboxylic acids is 1. The van der Waals surface area contributed by atoms with Crippen molar-refractivity contribution in [2.24, 2.45) is 0 Å². The smallest absolute Gasteiger partial charge is 0.414 e. The molecule has 3 rings (SSSR count). The minimum Gasteiger partial charge on any atom is -0.494 e. The Kier molecular flexibility index (Phi) is 4.93. The van der Waals surface area contributed by atoms with Crippen LogP contribution in [0.25, 0.3) is 22.3 Å². The number of nitrogens with zero attached hydrogens (tertiary/aromatic N) is 1. The van der Waals surface area contributed by atoms with Crippen LogP contribution in [0.3, 0.4) is 0 Å². The summed E-state index contributed by atoms with van der Waals surface area (Å²) in [5.74, 6) is 1.25. The molecule has 0 unspecified atom stereocenters. The number of benzene rings is 2. The van der Waals surface area contributed by atoms with Crippen molar-refractivity contribution in [2.75, 3.05) is 20.7 Å². The van der Waals surface area contributed by atoms with Gasteiger partial charge >= 0.3 is 6.09 Å². The van der Waals surface area contributed by atoms with Crippen LogP contribution in [0.5, 0.6) is 11.5 Å². The standard InChI is InChI=1S/C20H19NO5/c1-4-24-13-9-10-14-16(22)12-19(25-18(14)11-13)15-7-5-6-8-17(15)26-20(23)21(2)3/h5-12H,4H2,1-3H3. The van der Waals surface area contributed by atoms with Gasteiger partial charge in [-0.1, -0.05) is 12.1 Å². The molecule has 0 atom stereocenters. The number of fused-ring (bicyclic) bond motifs is 1. The molecule has 0 bridgehead atoms. The Balaban J connectivity index is 2.11. The molecule has 0 radical (unpaired) electrons. The summed E-state index contributed by atoms with van der Waals surface area (Å²) in [6.07, 6.45) is -0.515. The Labute approximate surface area is 150 Å². The van der Waals surface area contributed by atoms with Gasteiger partial charge in [-0.2, -0.15) is 0 Å². The number of hydrogen-bond acceptors (Lipinski definition) is 5. The zero-order valence-corrected chi connectivity index (χ0v) is 14.8. The molecule has 1 heterocycles. The topological polar surface area (TPSA) is 69.0 Å². The van der Waals surface area contributed by atoms with Gasteiger partial charge in [0.25, 0.3) is 0 Å². The molecule has 0 aliphatic rings. The summed E-state index contributed by atoms with van der Waals surface area (Å²) in [5, 5.41) is 0.458. The molecule has 0 fully saturated rings. The maximum absolute atomic E-state index is 12.5. The van der Waals surface area contributed by atoms with Crippen LogP contribution in [0.15, 0.2) is 57.7 Å². The minimum atomic E-state index is -0.515. The third-order valence-electron chi connectivity index (χ3n) is 3.73. The molecule has 1 aromatic heterocycles. The largest absolute Gasteiger partial charge is 0.494 e. The maximum Gasteiger partial charge on any atom is 0.414 e. The molecule has 0 saturated heterocycles. The highest BCUT2D eigenvalue weighted by Crippen LogP contribution is 2.31. The van der Waals surface area contributed by atoms with E-state index >= 15 is 0 Å². The molecular formula is C20H19NO5. The zero-order chi connectivity index (χ0) is 18.7. The molecule has 0 spiro atoms. The third kappa shape index (κ3) is 3.54. The molecule has 1 amide bonds. The van der Waals surface area contributed by atoms with E-state index in [1.165, 1.54) is 11.0 Å². The minimum absolute atomic E-state index is 0.182. The Morgan fingerprint density at radius 1 is 1.12 bits per heavy atom. The van der Waals surface area contributed by atoms with Crippen molar-refractivity contribution in [3.8, 4) is 22.8 Å². The third-order valence-corrected chi connectivity index (χ3v) is 3.73. The Hall–Kier alpha value is -3.28. The van der Waals surface area contributed by atoms with Crippen LogP contribution in [-0.2, 0) is 0 Å². The fourth-order valence-corrected chi connectivity index (χ4v) is 2.47. The van der Waals surface area contributed by atoms with Gasteiger partial charge in [-0.25, -0.2) is 4.79 Å². The summed E-state index contributed by atoms with van der Waals surface area (Å²) in [6, 6.07) is 13.4. The lowest BCUT2D eigenvalue weighted by atomic mass is 10.1. The van der Waals surface area contributed by atoms with Crippen molar-refractivity contribution < 1.29 is 18.7 Å². The summed E-state index contributed by atoms with van der Waals surface area (Å²) >= 11 is 0. The second kappa shape index (κ2) is 7.31. The summed E-state index contributed by atoms with van der Waals surface area (Å²) in [7, 11) is 3.19. The first-order valence-electron chi connectivity index (χ1n) is 8.19. The molecule has 0 aliphatic carbocycles. The van der Waals surface area contributed by atoms with Gasteiger partial charge in [-0.05, 0) is 31.2 Å². The highest BCUT2D eigenvalue weighted by atomic mass is 16.6. The van der Waals surface area contributed by atoms with Crippen molar-refractivity contribution in [3.63, 3.8) is 0 Å². The summed E-state index contributed by atoms with van der Waals surface area (Å²) in [5.41, 5.74) is 0.744. The lowest BCUT2D eigenvalue weighted by Gasteiger charge is -2.13. The molecule has 3 aromatic rings. The predicted molar refractivity (Wildman–Crippen MR) is 98.8 cm³/mol.